The molecule has 2 rings (SSSR count). The van der Waals surface area contributed by atoms with Crippen molar-refractivity contribution in [3.63, 3.8) is 0 Å². The van der Waals surface area contributed by atoms with Crippen molar-refractivity contribution in [3.8, 4) is 6.07 Å². The maximum Gasteiger partial charge on any atom is 0.242 e. The quantitative estimate of drug-likeness (QED) is 0.859. The molecule has 2 amide bonds. The molecule has 0 atom stereocenters. The third-order valence-electron chi connectivity index (χ3n) is 4.10. The molecule has 0 bridgehead atoms. The molecule has 0 spiro atoms. The molecule has 1 aliphatic heterocycles. The van der Waals surface area contributed by atoms with Gasteiger partial charge in [-0.25, -0.2) is 0 Å². The number of rotatable bonds is 3. The molecular weight excluding hydrogens is 278 g/mol. The number of hydrogen-bond donors (Lipinski definition) is 0. The largest absolute Gasteiger partial charge is 0.341 e. The second kappa shape index (κ2) is 7.08. The van der Waals surface area contributed by atoms with Gasteiger partial charge in [0.15, 0.2) is 0 Å². The van der Waals surface area contributed by atoms with Crippen LogP contribution in [0.4, 0.5) is 5.69 Å². The molecular formula is C17H21N3O2. The van der Waals surface area contributed by atoms with Crippen LogP contribution in [0.1, 0.15) is 32.3 Å². The Morgan fingerprint density at radius 1 is 1.36 bits per heavy atom. The zero-order valence-corrected chi connectivity index (χ0v) is 13.1. The van der Waals surface area contributed by atoms with E-state index >= 15 is 0 Å². The van der Waals surface area contributed by atoms with Crippen molar-refractivity contribution in [2.45, 2.75) is 26.7 Å². The summed E-state index contributed by atoms with van der Waals surface area (Å²) in [7, 11) is 0. The average molecular weight is 299 g/mol. The van der Waals surface area contributed by atoms with Crippen LogP contribution in [0.3, 0.4) is 0 Å². The Kier molecular flexibility index (Phi) is 5.16. The van der Waals surface area contributed by atoms with E-state index in [-0.39, 0.29) is 18.4 Å². The van der Waals surface area contributed by atoms with Crippen LogP contribution in [0, 0.1) is 17.2 Å². The van der Waals surface area contributed by atoms with Gasteiger partial charge < -0.3 is 9.80 Å². The Labute approximate surface area is 131 Å². The lowest BCUT2D eigenvalue weighted by Gasteiger charge is -2.32. The summed E-state index contributed by atoms with van der Waals surface area (Å²) in [6, 6.07) is 8.82. The molecule has 0 aliphatic carbocycles. The minimum Gasteiger partial charge on any atom is -0.341 e. The number of benzene rings is 1. The van der Waals surface area contributed by atoms with Crippen molar-refractivity contribution in [1.29, 1.82) is 5.26 Å². The fourth-order valence-corrected chi connectivity index (χ4v) is 2.62. The van der Waals surface area contributed by atoms with E-state index in [1.165, 1.54) is 11.8 Å². The zero-order chi connectivity index (χ0) is 16.1. The standard InChI is InChI=1S/C17H21N3O2/c1-13-6-8-19(9-7-13)17(22)12-20(14(2)21)16-5-3-4-15(10-16)11-18/h3-5,10,13H,6-9,12H2,1-2H3. The molecule has 0 N–H and O–H groups in total. The number of nitrogens with zero attached hydrogens (tertiary/aromatic N) is 3. The van der Waals surface area contributed by atoms with E-state index in [0.717, 1.165) is 25.9 Å². The molecule has 1 heterocycles. The SMILES string of the molecule is CC(=O)N(CC(=O)N1CCC(C)CC1)c1cccc(C#N)c1. The lowest BCUT2D eigenvalue weighted by Crippen LogP contribution is -2.45. The highest BCUT2D eigenvalue weighted by molar-refractivity contribution is 5.97. The van der Waals surface area contributed by atoms with Crippen molar-refractivity contribution in [1.82, 2.24) is 4.90 Å². The van der Waals surface area contributed by atoms with Crippen molar-refractivity contribution < 1.29 is 9.59 Å². The maximum absolute atomic E-state index is 12.4. The summed E-state index contributed by atoms with van der Waals surface area (Å²) in [5, 5.41) is 8.96. The first-order chi connectivity index (χ1) is 10.5. The fourth-order valence-electron chi connectivity index (χ4n) is 2.62. The summed E-state index contributed by atoms with van der Waals surface area (Å²) in [5.41, 5.74) is 1.06. The van der Waals surface area contributed by atoms with Gasteiger partial charge in [-0.05, 0) is 37.0 Å². The third kappa shape index (κ3) is 3.85. The van der Waals surface area contributed by atoms with Crippen molar-refractivity contribution in [2.24, 2.45) is 5.92 Å². The summed E-state index contributed by atoms with van der Waals surface area (Å²) < 4.78 is 0. The van der Waals surface area contributed by atoms with Crippen LogP contribution < -0.4 is 4.90 Å². The molecule has 1 aromatic carbocycles. The summed E-state index contributed by atoms with van der Waals surface area (Å²) in [6.07, 6.45) is 2.02. The Balaban J connectivity index is 2.10. The summed E-state index contributed by atoms with van der Waals surface area (Å²) in [4.78, 5) is 27.6. The second-order valence-corrected chi connectivity index (χ2v) is 5.83. The maximum atomic E-state index is 12.4. The van der Waals surface area contributed by atoms with Gasteiger partial charge in [0.2, 0.25) is 11.8 Å². The topological polar surface area (TPSA) is 64.4 Å². The molecule has 0 radical (unpaired) electrons. The normalized spacial score (nSPS) is 15.2. The van der Waals surface area contributed by atoms with Crippen LogP contribution in [0.25, 0.3) is 0 Å². The molecule has 0 saturated carbocycles. The molecule has 116 valence electrons. The average Bonchev–Trinajstić information content (AvgIpc) is 2.52. The molecule has 5 nitrogen and oxygen atoms in total. The number of nitriles is 1. The van der Waals surface area contributed by atoms with E-state index in [0.29, 0.717) is 17.2 Å². The highest BCUT2D eigenvalue weighted by Gasteiger charge is 2.23. The number of piperidine rings is 1. The van der Waals surface area contributed by atoms with Gasteiger partial charge in [0.05, 0.1) is 11.6 Å². The van der Waals surface area contributed by atoms with E-state index in [2.05, 4.69) is 6.92 Å². The number of amides is 2. The van der Waals surface area contributed by atoms with Crippen molar-refractivity contribution in [2.75, 3.05) is 24.5 Å². The van der Waals surface area contributed by atoms with Crippen molar-refractivity contribution in [3.05, 3.63) is 29.8 Å². The highest BCUT2D eigenvalue weighted by atomic mass is 16.2. The lowest BCUT2D eigenvalue weighted by molar-refractivity contribution is -0.132. The molecule has 1 fully saturated rings. The van der Waals surface area contributed by atoms with Gasteiger partial charge in [-0.3, -0.25) is 9.59 Å². The number of hydrogen-bond acceptors (Lipinski definition) is 3. The predicted molar refractivity (Wildman–Crippen MR) is 84.2 cm³/mol. The van der Waals surface area contributed by atoms with E-state index in [4.69, 9.17) is 5.26 Å². The lowest BCUT2D eigenvalue weighted by atomic mass is 9.99. The number of carbonyl (C=O) groups excluding carboxylic acids is 2. The van der Waals surface area contributed by atoms with E-state index in [1.54, 1.807) is 24.3 Å². The van der Waals surface area contributed by atoms with Crippen LogP contribution in [0.2, 0.25) is 0 Å². The monoisotopic (exact) mass is 299 g/mol. The minimum atomic E-state index is -0.200. The van der Waals surface area contributed by atoms with Crippen LogP contribution >= 0.6 is 0 Å². The van der Waals surface area contributed by atoms with Crippen LogP contribution in [0.5, 0.6) is 0 Å². The Bertz CT molecular complexity index is 598. The van der Waals surface area contributed by atoms with Gasteiger partial charge in [-0.2, -0.15) is 5.26 Å². The van der Waals surface area contributed by atoms with Gasteiger partial charge in [0, 0.05) is 25.7 Å². The Morgan fingerprint density at radius 3 is 2.64 bits per heavy atom. The summed E-state index contributed by atoms with van der Waals surface area (Å²) in [6.45, 7) is 5.16. The molecule has 1 saturated heterocycles. The van der Waals surface area contributed by atoms with Crippen LogP contribution in [-0.4, -0.2) is 36.3 Å². The fraction of sp³-hybridized carbons (Fsp3) is 0.471. The molecule has 1 aromatic rings. The van der Waals surface area contributed by atoms with Gasteiger partial charge >= 0.3 is 0 Å². The van der Waals surface area contributed by atoms with Gasteiger partial charge in [0.25, 0.3) is 0 Å². The second-order valence-electron chi connectivity index (χ2n) is 5.83. The molecule has 1 aliphatic rings. The molecule has 0 aromatic heterocycles. The van der Waals surface area contributed by atoms with E-state index in [1.807, 2.05) is 11.0 Å². The number of likely N-dealkylation sites (tertiary alicyclic amines) is 1. The highest BCUT2D eigenvalue weighted by Crippen LogP contribution is 2.19. The third-order valence-corrected chi connectivity index (χ3v) is 4.10. The smallest absolute Gasteiger partial charge is 0.242 e. The number of carbonyl (C=O) groups is 2. The predicted octanol–water partition coefficient (Wildman–Crippen LogP) is 2.17. The van der Waals surface area contributed by atoms with Crippen LogP contribution in [0.15, 0.2) is 24.3 Å². The molecule has 0 unspecified atom stereocenters. The minimum absolute atomic E-state index is 0.0264. The van der Waals surface area contributed by atoms with Crippen LogP contribution in [-0.2, 0) is 9.59 Å². The molecule has 5 heteroatoms. The van der Waals surface area contributed by atoms with Gasteiger partial charge in [-0.1, -0.05) is 13.0 Å². The number of anilines is 1. The first-order valence-corrected chi connectivity index (χ1v) is 7.57. The summed E-state index contributed by atoms with van der Waals surface area (Å²) >= 11 is 0. The first-order valence-electron chi connectivity index (χ1n) is 7.57. The van der Waals surface area contributed by atoms with E-state index in [9.17, 15) is 9.59 Å². The summed E-state index contributed by atoms with van der Waals surface area (Å²) in [5.74, 6) is 0.415. The first kappa shape index (κ1) is 16.0. The van der Waals surface area contributed by atoms with Gasteiger partial charge in [0.1, 0.15) is 6.54 Å². The zero-order valence-electron chi connectivity index (χ0n) is 13.1. The Hall–Kier alpha value is -2.35. The van der Waals surface area contributed by atoms with E-state index < -0.39 is 0 Å². The molecule has 22 heavy (non-hydrogen) atoms. The Morgan fingerprint density at radius 2 is 2.05 bits per heavy atom. The van der Waals surface area contributed by atoms with Crippen molar-refractivity contribution >= 4 is 17.5 Å². The van der Waals surface area contributed by atoms with Gasteiger partial charge in [-0.15, -0.1) is 0 Å².